The minimum absolute atomic E-state index is 0.280. The highest BCUT2D eigenvalue weighted by Gasteiger charge is 2.22. The van der Waals surface area contributed by atoms with Crippen LogP contribution < -0.4 is 0 Å². The van der Waals surface area contributed by atoms with Crippen molar-refractivity contribution in [2.24, 2.45) is 0 Å². The smallest absolute Gasteiger partial charge is 0.207 e. The first kappa shape index (κ1) is 13.4. The Morgan fingerprint density at radius 1 is 1.50 bits per heavy atom. The highest BCUT2D eigenvalue weighted by molar-refractivity contribution is 9.10. The summed E-state index contributed by atoms with van der Waals surface area (Å²) in [6, 6.07) is 5.17. The van der Waals surface area contributed by atoms with Crippen molar-refractivity contribution in [3.63, 3.8) is 0 Å². The van der Waals surface area contributed by atoms with E-state index in [1.807, 2.05) is 6.92 Å². The molecule has 0 saturated heterocycles. The van der Waals surface area contributed by atoms with E-state index in [0.717, 1.165) is 5.56 Å². The number of nitrogens with zero attached hydrogens (tertiary/aromatic N) is 1. The number of hydrogen-bond acceptors (Lipinski definition) is 2. The lowest BCUT2D eigenvalue weighted by Gasteiger charge is -2.16. The largest absolute Gasteiger partial charge is 0.244 e. The molecule has 0 heterocycles. The first-order valence-electron chi connectivity index (χ1n) is 4.73. The fourth-order valence-corrected chi connectivity index (χ4v) is 3.55. The molecule has 0 fully saturated rings. The second-order valence-corrected chi connectivity index (χ2v) is 6.38. The standard InChI is InChI=1S/C11H14BrNO2S/c1-4-7-13(3)16(14,15)11-6-5-9(2)8-10(11)12/h4-6,8H,1,7H2,2-3H3. The second kappa shape index (κ2) is 5.12. The Kier molecular flexibility index (Phi) is 4.29. The van der Waals surface area contributed by atoms with Crippen molar-refractivity contribution in [3.05, 3.63) is 40.9 Å². The molecule has 16 heavy (non-hydrogen) atoms. The second-order valence-electron chi connectivity index (χ2n) is 3.51. The number of benzene rings is 1. The van der Waals surface area contributed by atoms with Crippen LogP contribution in [0.25, 0.3) is 0 Å². The fraction of sp³-hybridized carbons (Fsp3) is 0.273. The van der Waals surface area contributed by atoms with Crippen LogP contribution in [0.3, 0.4) is 0 Å². The third-order valence-electron chi connectivity index (χ3n) is 2.16. The summed E-state index contributed by atoms with van der Waals surface area (Å²) in [5, 5.41) is 0. The van der Waals surface area contributed by atoms with Gasteiger partial charge in [-0.1, -0.05) is 12.1 Å². The molecule has 0 amide bonds. The molecule has 0 aliphatic heterocycles. The minimum atomic E-state index is -3.43. The van der Waals surface area contributed by atoms with Crippen LogP contribution in [0.4, 0.5) is 0 Å². The average molecular weight is 304 g/mol. The fourth-order valence-electron chi connectivity index (χ4n) is 1.26. The van der Waals surface area contributed by atoms with Crippen molar-refractivity contribution in [2.45, 2.75) is 11.8 Å². The van der Waals surface area contributed by atoms with E-state index in [2.05, 4.69) is 22.5 Å². The lowest BCUT2D eigenvalue weighted by atomic mass is 10.2. The van der Waals surface area contributed by atoms with Gasteiger partial charge >= 0.3 is 0 Å². The third kappa shape index (κ3) is 2.72. The summed E-state index contributed by atoms with van der Waals surface area (Å²) in [6.07, 6.45) is 1.56. The topological polar surface area (TPSA) is 37.4 Å². The average Bonchev–Trinajstić information content (AvgIpc) is 2.17. The molecule has 0 aliphatic carbocycles. The predicted molar refractivity (Wildman–Crippen MR) is 68.9 cm³/mol. The Labute approximate surface area is 105 Å². The van der Waals surface area contributed by atoms with E-state index in [4.69, 9.17) is 0 Å². The molecule has 5 heteroatoms. The van der Waals surface area contributed by atoms with E-state index in [0.29, 0.717) is 11.0 Å². The van der Waals surface area contributed by atoms with Crippen LogP contribution in [0, 0.1) is 6.92 Å². The van der Waals surface area contributed by atoms with E-state index >= 15 is 0 Å². The van der Waals surface area contributed by atoms with Gasteiger partial charge in [0.2, 0.25) is 10.0 Å². The van der Waals surface area contributed by atoms with Crippen molar-refractivity contribution in [1.82, 2.24) is 4.31 Å². The van der Waals surface area contributed by atoms with Crippen LogP contribution in [-0.4, -0.2) is 26.3 Å². The number of hydrogen-bond donors (Lipinski definition) is 0. The monoisotopic (exact) mass is 303 g/mol. The van der Waals surface area contributed by atoms with Crippen molar-refractivity contribution in [1.29, 1.82) is 0 Å². The molecule has 88 valence electrons. The maximum Gasteiger partial charge on any atom is 0.244 e. The number of sulfonamides is 1. The molecular formula is C11H14BrNO2S. The van der Waals surface area contributed by atoms with Crippen LogP contribution in [0.2, 0.25) is 0 Å². The Morgan fingerprint density at radius 3 is 2.62 bits per heavy atom. The molecule has 0 bridgehead atoms. The first-order chi connectivity index (χ1) is 7.39. The van der Waals surface area contributed by atoms with E-state index in [9.17, 15) is 8.42 Å². The molecule has 0 atom stereocenters. The van der Waals surface area contributed by atoms with Crippen LogP contribution in [0.15, 0.2) is 40.2 Å². The van der Waals surface area contributed by atoms with Gasteiger partial charge in [0.15, 0.2) is 0 Å². The zero-order chi connectivity index (χ0) is 12.3. The molecule has 1 rings (SSSR count). The Balaban J connectivity index is 3.22. The molecule has 1 aromatic carbocycles. The summed E-state index contributed by atoms with van der Waals surface area (Å²) in [6.45, 7) is 5.73. The van der Waals surface area contributed by atoms with Gasteiger partial charge in [0.1, 0.15) is 0 Å². The van der Waals surface area contributed by atoms with Crippen LogP contribution >= 0.6 is 15.9 Å². The van der Waals surface area contributed by atoms with Gasteiger partial charge in [0, 0.05) is 18.1 Å². The molecule has 3 nitrogen and oxygen atoms in total. The van der Waals surface area contributed by atoms with Crippen molar-refractivity contribution in [2.75, 3.05) is 13.6 Å². The highest BCUT2D eigenvalue weighted by Crippen LogP contribution is 2.25. The molecular weight excluding hydrogens is 290 g/mol. The number of rotatable bonds is 4. The first-order valence-corrected chi connectivity index (χ1v) is 6.96. The van der Waals surface area contributed by atoms with Crippen molar-refractivity contribution in [3.8, 4) is 0 Å². The van der Waals surface area contributed by atoms with Crippen LogP contribution in [0.1, 0.15) is 5.56 Å². The number of halogens is 1. The zero-order valence-corrected chi connectivity index (χ0v) is 11.7. The lowest BCUT2D eigenvalue weighted by molar-refractivity contribution is 0.499. The normalized spacial score (nSPS) is 11.8. The minimum Gasteiger partial charge on any atom is -0.207 e. The van der Waals surface area contributed by atoms with Crippen LogP contribution in [0.5, 0.6) is 0 Å². The maximum absolute atomic E-state index is 12.1. The van der Waals surface area contributed by atoms with Gasteiger partial charge in [0.25, 0.3) is 0 Å². The summed E-state index contributed by atoms with van der Waals surface area (Å²) >= 11 is 3.27. The summed E-state index contributed by atoms with van der Waals surface area (Å²) in [5.74, 6) is 0. The van der Waals surface area contributed by atoms with Crippen molar-refractivity contribution < 1.29 is 8.42 Å². The van der Waals surface area contributed by atoms with E-state index in [1.165, 1.54) is 11.4 Å². The SMILES string of the molecule is C=CCN(C)S(=O)(=O)c1ccc(C)cc1Br. The number of aryl methyl sites for hydroxylation is 1. The quantitative estimate of drug-likeness (QED) is 0.802. The highest BCUT2D eigenvalue weighted by atomic mass is 79.9. The maximum atomic E-state index is 12.1. The molecule has 1 aromatic rings. The molecule has 0 unspecified atom stereocenters. The molecule has 0 saturated carbocycles. The molecule has 0 spiro atoms. The van der Waals surface area contributed by atoms with Gasteiger partial charge in [0.05, 0.1) is 4.90 Å². The molecule has 0 radical (unpaired) electrons. The Bertz CT molecular complexity index is 497. The Hall–Kier alpha value is -0.650. The lowest BCUT2D eigenvalue weighted by Crippen LogP contribution is -2.27. The number of likely N-dealkylation sites (N-methyl/N-ethyl adjacent to an activating group) is 1. The summed E-state index contributed by atoms with van der Waals surface area (Å²) in [5.41, 5.74) is 1.01. The third-order valence-corrected chi connectivity index (χ3v) is 4.96. The predicted octanol–water partition coefficient (Wildman–Crippen LogP) is 2.56. The van der Waals surface area contributed by atoms with Gasteiger partial charge in [-0.15, -0.1) is 6.58 Å². The molecule has 0 aliphatic rings. The molecule has 0 aromatic heterocycles. The summed E-state index contributed by atoms with van der Waals surface area (Å²) in [7, 11) is -1.90. The van der Waals surface area contributed by atoms with E-state index in [-0.39, 0.29) is 4.90 Å². The van der Waals surface area contributed by atoms with Gasteiger partial charge in [-0.3, -0.25) is 0 Å². The summed E-state index contributed by atoms with van der Waals surface area (Å²) < 4.78 is 26.1. The summed E-state index contributed by atoms with van der Waals surface area (Å²) in [4.78, 5) is 0.280. The van der Waals surface area contributed by atoms with Gasteiger partial charge < -0.3 is 0 Å². The molecule has 0 N–H and O–H groups in total. The van der Waals surface area contributed by atoms with E-state index < -0.39 is 10.0 Å². The zero-order valence-electron chi connectivity index (χ0n) is 9.27. The van der Waals surface area contributed by atoms with Crippen LogP contribution in [-0.2, 0) is 10.0 Å². The van der Waals surface area contributed by atoms with Gasteiger partial charge in [-0.25, -0.2) is 8.42 Å². The van der Waals surface area contributed by atoms with Crippen molar-refractivity contribution >= 4 is 26.0 Å². The van der Waals surface area contributed by atoms with Gasteiger partial charge in [-0.05, 0) is 40.5 Å². The Morgan fingerprint density at radius 2 is 2.12 bits per heavy atom. The van der Waals surface area contributed by atoms with Gasteiger partial charge in [-0.2, -0.15) is 4.31 Å². The van der Waals surface area contributed by atoms with E-state index in [1.54, 1.807) is 24.3 Å².